The number of nitrogens with zero attached hydrogens (tertiary/aromatic N) is 1. The second-order valence-electron chi connectivity index (χ2n) is 7.62. The van der Waals surface area contributed by atoms with E-state index < -0.39 is 17.8 Å². The van der Waals surface area contributed by atoms with Crippen LogP contribution in [0.4, 0.5) is 5.69 Å². The third kappa shape index (κ3) is 5.44. The average molecular weight is 394 g/mol. The fraction of sp³-hybridized carbons (Fsp3) is 0.348. The second-order valence-corrected chi connectivity index (χ2v) is 7.62. The first-order valence-corrected chi connectivity index (χ1v) is 9.69. The number of hydrogen-bond donors (Lipinski definition) is 1. The predicted octanol–water partition coefficient (Wildman–Crippen LogP) is 3.14. The number of benzene rings is 2. The minimum atomic E-state index is -0.539. The zero-order chi connectivity index (χ0) is 21.0. The molecule has 1 atom stereocenters. The largest absolute Gasteiger partial charge is 0.455 e. The molecule has 0 spiro atoms. The molecule has 1 aliphatic heterocycles. The van der Waals surface area contributed by atoms with Crippen LogP contribution in [0.5, 0.6) is 0 Å². The highest BCUT2D eigenvalue weighted by Gasteiger charge is 2.35. The number of likely N-dealkylation sites (tertiary alicyclic amines) is 1. The molecule has 1 N–H and O–H groups in total. The number of carbonyl (C=O) groups is 3. The van der Waals surface area contributed by atoms with E-state index in [-0.39, 0.29) is 18.9 Å². The third-order valence-electron chi connectivity index (χ3n) is 5.18. The van der Waals surface area contributed by atoms with Gasteiger partial charge in [-0.25, -0.2) is 0 Å². The van der Waals surface area contributed by atoms with Gasteiger partial charge in [0.25, 0.3) is 5.91 Å². The quantitative estimate of drug-likeness (QED) is 0.764. The Bertz CT molecular complexity index is 921. The number of rotatable bonds is 6. The summed E-state index contributed by atoms with van der Waals surface area (Å²) in [6.45, 7) is 6.38. The van der Waals surface area contributed by atoms with Crippen molar-refractivity contribution in [2.75, 3.05) is 18.5 Å². The van der Waals surface area contributed by atoms with Gasteiger partial charge >= 0.3 is 5.97 Å². The highest BCUT2D eigenvalue weighted by atomic mass is 16.5. The van der Waals surface area contributed by atoms with Gasteiger partial charge in [-0.05, 0) is 49.6 Å². The number of esters is 1. The topological polar surface area (TPSA) is 75.7 Å². The lowest BCUT2D eigenvalue weighted by Crippen LogP contribution is -2.28. The van der Waals surface area contributed by atoms with Crippen LogP contribution in [0, 0.1) is 26.7 Å². The van der Waals surface area contributed by atoms with Gasteiger partial charge in [0, 0.05) is 25.2 Å². The van der Waals surface area contributed by atoms with Crippen molar-refractivity contribution in [2.45, 2.75) is 33.7 Å². The Morgan fingerprint density at radius 3 is 2.48 bits per heavy atom. The Morgan fingerprint density at radius 1 is 1.07 bits per heavy atom. The summed E-state index contributed by atoms with van der Waals surface area (Å²) in [5.74, 6) is -1.53. The average Bonchev–Trinajstić information content (AvgIpc) is 3.05. The summed E-state index contributed by atoms with van der Waals surface area (Å²) >= 11 is 0. The van der Waals surface area contributed by atoms with Gasteiger partial charge < -0.3 is 15.0 Å². The number of amides is 2. The zero-order valence-electron chi connectivity index (χ0n) is 17.0. The summed E-state index contributed by atoms with van der Waals surface area (Å²) in [5.41, 5.74) is 5.04. The summed E-state index contributed by atoms with van der Waals surface area (Å²) in [4.78, 5) is 38.3. The van der Waals surface area contributed by atoms with Crippen molar-refractivity contribution in [3.63, 3.8) is 0 Å². The second kappa shape index (κ2) is 8.90. The van der Waals surface area contributed by atoms with Crippen LogP contribution < -0.4 is 5.32 Å². The number of anilines is 1. The van der Waals surface area contributed by atoms with Crippen LogP contribution in [0.1, 0.15) is 28.7 Å². The maximum Gasteiger partial charge on any atom is 0.311 e. The summed E-state index contributed by atoms with van der Waals surface area (Å²) in [6, 6.07) is 13.5. The number of hydrogen-bond acceptors (Lipinski definition) is 4. The molecule has 1 aliphatic rings. The molecule has 152 valence electrons. The molecule has 0 bridgehead atoms. The maximum atomic E-state index is 12.3. The van der Waals surface area contributed by atoms with Crippen LogP contribution in [-0.4, -0.2) is 35.8 Å². The number of nitrogens with one attached hydrogen (secondary N) is 1. The van der Waals surface area contributed by atoms with E-state index in [0.29, 0.717) is 18.8 Å². The number of carbonyl (C=O) groups excluding carboxylic acids is 3. The Balaban J connectivity index is 1.47. The summed E-state index contributed by atoms with van der Waals surface area (Å²) < 4.78 is 5.15. The Hall–Kier alpha value is -3.15. The van der Waals surface area contributed by atoms with Gasteiger partial charge in [0.2, 0.25) is 5.91 Å². The molecule has 2 amide bonds. The van der Waals surface area contributed by atoms with E-state index in [1.807, 2.05) is 57.2 Å². The Labute approximate surface area is 170 Å². The lowest BCUT2D eigenvalue weighted by Gasteiger charge is -2.16. The molecule has 3 rings (SSSR count). The van der Waals surface area contributed by atoms with Crippen molar-refractivity contribution in [1.82, 2.24) is 4.90 Å². The molecule has 6 heteroatoms. The molecular formula is C23H26N2O4. The third-order valence-corrected chi connectivity index (χ3v) is 5.18. The standard InChI is InChI=1S/C23H26N2O4/c1-15-4-7-18(8-5-15)12-25-13-19(11-22(25)27)23(28)29-14-21(26)24-20-9-6-16(2)17(3)10-20/h4-10,19H,11-14H2,1-3H3,(H,24,26)/t19-/m1/s1. The predicted molar refractivity (Wildman–Crippen MR) is 110 cm³/mol. The smallest absolute Gasteiger partial charge is 0.311 e. The number of ether oxygens (including phenoxy) is 1. The Morgan fingerprint density at radius 2 is 1.79 bits per heavy atom. The van der Waals surface area contributed by atoms with Gasteiger partial charge in [0.1, 0.15) is 0 Å². The lowest BCUT2D eigenvalue weighted by atomic mass is 10.1. The fourth-order valence-electron chi connectivity index (χ4n) is 3.27. The normalized spacial score (nSPS) is 16.0. The van der Waals surface area contributed by atoms with E-state index in [4.69, 9.17) is 4.74 Å². The monoisotopic (exact) mass is 394 g/mol. The van der Waals surface area contributed by atoms with Crippen LogP contribution in [-0.2, 0) is 25.7 Å². The molecule has 29 heavy (non-hydrogen) atoms. The van der Waals surface area contributed by atoms with E-state index in [2.05, 4.69) is 5.32 Å². The molecule has 2 aromatic carbocycles. The first kappa shape index (κ1) is 20.6. The van der Waals surface area contributed by atoms with Crippen LogP contribution in [0.3, 0.4) is 0 Å². The summed E-state index contributed by atoms with van der Waals surface area (Å²) in [5, 5.41) is 2.72. The van der Waals surface area contributed by atoms with E-state index in [1.54, 1.807) is 11.0 Å². The SMILES string of the molecule is Cc1ccc(CN2C[C@H](C(=O)OCC(=O)Nc3ccc(C)c(C)c3)CC2=O)cc1. The molecule has 1 fully saturated rings. The molecular weight excluding hydrogens is 368 g/mol. The van der Waals surface area contributed by atoms with Crippen molar-refractivity contribution in [3.8, 4) is 0 Å². The van der Waals surface area contributed by atoms with Crippen LogP contribution in [0.2, 0.25) is 0 Å². The van der Waals surface area contributed by atoms with E-state index in [1.165, 1.54) is 0 Å². The minimum Gasteiger partial charge on any atom is -0.455 e. The molecule has 0 aromatic heterocycles. The van der Waals surface area contributed by atoms with Crippen LogP contribution >= 0.6 is 0 Å². The maximum absolute atomic E-state index is 12.3. The highest BCUT2D eigenvalue weighted by Crippen LogP contribution is 2.22. The van der Waals surface area contributed by atoms with Crippen LogP contribution in [0.25, 0.3) is 0 Å². The van der Waals surface area contributed by atoms with Crippen molar-refractivity contribution in [3.05, 3.63) is 64.7 Å². The van der Waals surface area contributed by atoms with E-state index >= 15 is 0 Å². The first-order valence-electron chi connectivity index (χ1n) is 9.69. The highest BCUT2D eigenvalue weighted by molar-refractivity contribution is 5.93. The fourth-order valence-corrected chi connectivity index (χ4v) is 3.27. The van der Waals surface area contributed by atoms with Crippen molar-refractivity contribution < 1.29 is 19.1 Å². The van der Waals surface area contributed by atoms with Gasteiger partial charge in [-0.15, -0.1) is 0 Å². The van der Waals surface area contributed by atoms with Crippen LogP contribution in [0.15, 0.2) is 42.5 Å². The molecule has 0 saturated carbocycles. The van der Waals surface area contributed by atoms with Gasteiger partial charge in [0.05, 0.1) is 5.92 Å². The summed E-state index contributed by atoms with van der Waals surface area (Å²) in [6.07, 6.45) is 0.115. The molecule has 6 nitrogen and oxygen atoms in total. The van der Waals surface area contributed by atoms with Gasteiger partial charge in [0.15, 0.2) is 6.61 Å². The summed E-state index contributed by atoms with van der Waals surface area (Å²) in [7, 11) is 0. The first-order chi connectivity index (χ1) is 13.8. The molecule has 1 saturated heterocycles. The molecule has 1 heterocycles. The lowest BCUT2D eigenvalue weighted by molar-refractivity contribution is -0.151. The zero-order valence-corrected chi connectivity index (χ0v) is 17.0. The van der Waals surface area contributed by atoms with Gasteiger partial charge in [-0.1, -0.05) is 35.9 Å². The Kier molecular flexibility index (Phi) is 6.32. The molecule has 2 aromatic rings. The molecule has 0 radical (unpaired) electrons. The molecule has 0 aliphatic carbocycles. The van der Waals surface area contributed by atoms with Crippen molar-refractivity contribution >= 4 is 23.5 Å². The van der Waals surface area contributed by atoms with Gasteiger partial charge in [-0.3, -0.25) is 14.4 Å². The van der Waals surface area contributed by atoms with Crippen molar-refractivity contribution in [2.24, 2.45) is 5.92 Å². The minimum absolute atomic E-state index is 0.0768. The van der Waals surface area contributed by atoms with E-state index in [0.717, 1.165) is 22.3 Å². The number of aryl methyl sites for hydroxylation is 3. The van der Waals surface area contributed by atoms with E-state index in [9.17, 15) is 14.4 Å². The van der Waals surface area contributed by atoms with Gasteiger partial charge in [-0.2, -0.15) is 0 Å². The molecule has 0 unspecified atom stereocenters. The van der Waals surface area contributed by atoms with Crippen molar-refractivity contribution in [1.29, 1.82) is 0 Å².